The van der Waals surface area contributed by atoms with Crippen LogP contribution in [0.15, 0.2) is 30.3 Å². The average molecular weight is 289 g/mol. The molecule has 0 heterocycles. The molecule has 1 aromatic carbocycles. The van der Waals surface area contributed by atoms with Crippen molar-refractivity contribution in [3.05, 3.63) is 35.9 Å². The van der Waals surface area contributed by atoms with Crippen LogP contribution in [0, 0.1) is 5.92 Å². The lowest BCUT2D eigenvalue weighted by atomic mass is 9.86. The van der Waals surface area contributed by atoms with Crippen molar-refractivity contribution in [2.45, 2.75) is 57.4 Å². The van der Waals surface area contributed by atoms with Crippen LogP contribution in [-0.4, -0.2) is 23.7 Å². The van der Waals surface area contributed by atoms with Crippen molar-refractivity contribution in [1.82, 2.24) is 5.32 Å². The minimum absolute atomic E-state index is 0.00986. The first kappa shape index (κ1) is 16.0. The highest BCUT2D eigenvalue weighted by Gasteiger charge is 2.16. The van der Waals surface area contributed by atoms with Gasteiger partial charge < -0.3 is 10.4 Å². The molecule has 1 saturated carbocycles. The van der Waals surface area contributed by atoms with Gasteiger partial charge in [0.15, 0.2) is 0 Å². The van der Waals surface area contributed by atoms with Crippen molar-refractivity contribution in [1.29, 1.82) is 0 Å². The van der Waals surface area contributed by atoms with E-state index < -0.39 is 0 Å². The van der Waals surface area contributed by atoms with Gasteiger partial charge in [0.2, 0.25) is 5.91 Å². The van der Waals surface area contributed by atoms with Crippen molar-refractivity contribution >= 4 is 5.91 Å². The molecule has 0 aliphatic heterocycles. The number of benzene rings is 1. The lowest BCUT2D eigenvalue weighted by molar-refractivity contribution is -0.122. The van der Waals surface area contributed by atoms with Crippen molar-refractivity contribution < 1.29 is 9.90 Å². The van der Waals surface area contributed by atoms with Crippen molar-refractivity contribution in [3.8, 4) is 0 Å². The number of nitrogens with one attached hydrogen (secondary N) is 1. The number of rotatable bonds is 7. The smallest absolute Gasteiger partial charge is 0.220 e. The van der Waals surface area contributed by atoms with Crippen LogP contribution >= 0.6 is 0 Å². The zero-order valence-electron chi connectivity index (χ0n) is 12.8. The Bertz CT molecular complexity index is 412. The van der Waals surface area contributed by atoms with E-state index in [4.69, 9.17) is 0 Å². The molecule has 0 radical (unpaired) electrons. The molecule has 3 nitrogen and oxygen atoms in total. The molecule has 2 rings (SSSR count). The third-order valence-corrected chi connectivity index (χ3v) is 4.41. The maximum Gasteiger partial charge on any atom is 0.220 e. The Morgan fingerprint density at radius 2 is 1.90 bits per heavy atom. The summed E-state index contributed by atoms with van der Waals surface area (Å²) in [4.78, 5) is 12.0. The molecular weight excluding hydrogens is 262 g/mol. The van der Waals surface area contributed by atoms with Crippen LogP contribution in [0.25, 0.3) is 0 Å². The number of carbonyl (C=O) groups is 1. The number of aliphatic hydroxyl groups excluding tert-OH is 1. The molecule has 0 aromatic heterocycles. The van der Waals surface area contributed by atoms with E-state index in [9.17, 15) is 9.90 Å². The highest BCUT2D eigenvalue weighted by Crippen LogP contribution is 2.27. The molecule has 1 aromatic rings. The second-order valence-electron chi connectivity index (χ2n) is 6.18. The fourth-order valence-electron chi connectivity index (χ4n) is 3.17. The summed E-state index contributed by atoms with van der Waals surface area (Å²) in [5, 5.41) is 12.4. The third-order valence-electron chi connectivity index (χ3n) is 4.41. The molecule has 1 amide bonds. The molecule has 1 aliphatic rings. The van der Waals surface area contributed by atoms with E-state index in [1.165, 1.54) is 32.1 Å². The van der Waals surface area contributed by atoms with Gasteiger partial charge in [-0.05, 0) is 24.3 Å². The summed E-state index contributed by atoms with van der Waals surface area (Å²) in [5.74, 6) is 0.807. The van der Waals surface area contributed by atoms with Gasteiger partial charge in [-0.2, -0.15) is 0 Å². The topological polar surface area (TPSA) is 49.3 Å². The zero-order valence-corrected chi connectivity index (χ0v) is 12.8. The van der Waals surface area contributed by atoms with Gasteiger partial charge in [0.1, 0.15) is 0 Å². The summed E-state index contributed by atoms with van der Waals surface area (Å²) < 4.78 is 0. The van der Waals surface area contributed by atoms with E-state index >= 15 is 0 Å². The first-order valence-corrected chi connectivity index (χ1v) is 8.22. The van der Waals surface area contributed by atoms with E-state index in [1.54, 1.807) is 0 Å². The predicted octanol–water partition coefficient (Wildman–Crippen LogP) is 3.07. The SMILES string of the molecule is O=C(CCC1CCCCC1)N[C@H](CO)Cc1ccccc1. The van der Waals surface area contributed by atoms with Gasteiger partial charge in [-0.1, -0.05) is 62.4 Å². The van der Waals surface area contributed by atoms with E-state index in [2.05, 4.69) is 5.32 Å². The first-order chi connectivity index (χ1) is 10.3. The Morgan fingerprint density at radius 1 is 1.19 bits per heavy atom. The van der Waals surface area contributed by atoms with Crippen LogP contribution in [0.5, 0.6) is 0 Å². The molecule has 116 valence electrons. The van der Waals surface area contributed by atoms with Crippen LogP contribution in [0.4, 0.5) is 0 Å². The van der Waals surface area contributed by atoms with Gasteiger partial charge >= 0.3 is 0 Å². The number of aliphatic hydroxyl groups is 1. The first-order valence-electron chi connectivity index (χ1n) is 8.22. The van der Waals surface area contributed by atoms with Crippen molar-refractivity contribution in [2.24, 2.45) is 5.92 Å². The van der Waals surface area contributed by atoms with E-state index in [-0.39, 0.29) is 18.6 Å². The van der Waals surface area contributed by atoms with Crippen molar-refractivity contribution in [2.75, 3.05) is 6.61 Å². The number of carbonyl (C=O) groups excluding carboxylic acids is 1. The number of hydrogen-bond donors (Lipinski definition) is 2. The summed E-state index contributed by atoms with van der Waals surface area (Å²) >= 11 is 0. The zero-order chi connectivity index (χ0) is 14.9. The quantitative estimate of drug-likeness (QED) is 0.810. The lowest BCUT2D eigenvalue weighted by Crippen LogP contribution is -2.39. The molecule has 2 N–H and O–H groups in total. The third kappa shape index (κ3) is 5.88. The summed E-state index contributed by atoms with van der Waals surface area (Å²) in [6.45, 7) is -0.00986. The Balaban J connectivity index is 1.71. The van der Waals surface area contributed by atoms with Crippen molar-refractivity contribution in [3.63, 3.8) is 0 Å². The van der Waals surface area contributed by atoms with Crippen LogP contribution in [0.1, 0.15) is 50.5 Å². The van der Waals surface area contributed by atoms with Crippen LogP contribution in [-0.2, 0) is 11.2 Å². The normalized spacial score (nSPS) is 17.4. The Kier molecular flexibility index (Phi) is 6.74. The van der Waals surface area contributed by atoms with E-state index in [0.717, 1.165) is 17.9 Å². The summed E-state index contributed by atoms with van der Waals surface area (Å²) in [7, 11) is 0. The second kappa shape index (κ2) is 8.83. The van der Waals surface area contributed by atoms with Gasteiger partial charge in [0.25, 0.3) is 0 Å². The van der Waals surface area contributed by atoms with Gasteiger partial charge in [-0.3, -0.25) is 4.79 Å². The molecule has 0 bridgehead atoms. The number of hydrogen-bond acceptors (Lipinski definition) is 2. The second-order valence-corrected chi connectivity index (χ2v) is 6.18. The molecule has 0 unspecified atom stereocenters. The Labute approximate surface area is 127 Å². The van der Waals surface area contributed by atoms with Crippen LogP contribution in [0.2, 0.25) is 0 Å². The predicted molar refractivity (Wildman–Crippen MR) is 85.0 cm³/mol. The van der Waals surface area contributed by atoms with Gasteiger partial charge in [-0.15, -0.1) is 0 Å². The maximum absolute atomic E-state index is 12.0. The largest absolute Gasteiger partial charge is 0.394 e. The Hall–Kier alpha value is -1.35. The van der Waals surface area contributed by atoms with Crippen LogP contribution in [0.3, 0.4) is 0 Å². The standard InChI is InChI=1S/C18H27NO2/c20-14-17(13-16-9-5-2-6-10-16)19-18(21)12-11-15-7-3-1-4-8-15/h2,5-6,9-10,15,17,20H,1,3-4,7-8,11-14H2,(H,19,21)/t17-/m0/s1. The fourth-order valence-corrected chi connectivity index (χ4v) is 3.17. The highest BCUT2D eigenvalue weighted by atomic mass is 16.3. The minimum Gasteiger partial charge on any atom is -0.394 e. The average Bonchev–Trinajstić information content (AvgIpc) is 2.54. The van der Waals surface area contributed by atoms with Gasteiger partial charge in [0.05, 0.1) is 12.6 Å². The van der Waals surface area contributed by atoms with Crippen LogP contribution < -0.4 is 5.32 Å². The fraction of sp³-hybridized carbons (Fsp3) is 0.611. The van der Waals surface area contributed by atoms with E-state index in [0.29, 0.717) is 12.8 Å². The molecule has 0 saturated heterocycles. The molecule has 21 heavy (non-hydrogen) atoms. The molecule has 1 atom stereocenters. The maximum atomic E-state index is 12.0. The van der Waals surface area contributed by atoms with E-state index in [1.807, 2.05) is 30.3 Å². The summed E-state index contributed by atoms with van der Waals surface area (Å²) in [5.41, 5.74) is 1.14. The summed E-state index contributed by atoms with van der Waals surface area (Å²) in [6.07, 6.45) is 8.82. The summed E-state index contributed by atoms with van der Waals surface area (Å²) in [6, 6.07) is 9.81. The molecular formula is C18H27NO2. The molecule has 0 spiro atoms. The molecule has 1 fully saturated rings. The Morgan fingerprint density at radius 3 is 2.57 bits per heavy atom. The molecule has 3 heteroatoms. The minimum atomic E-state index is -0.175. The van der Waals surface area contributed by atoms with Gasteiger partial charge in [-0.25, -0.2) is 0 Å². The van der Waals surface area contributed by atoms with Gasteiger partial charge in [0, 0.05) is 6.42 Å². The lowest BCUT2D eigenvalue weighted by Gasteiger charge is -2.22. The molecule has 1 aliphatic carbocycles. The number of amides is 1. The highest BCUT2D eigenvalue weighted by molar-refractivity contribution is 5.76. The monoisotopic (exact) mass is 289 g/mol.